The molecular weight excluding hydrogens is 310 g/mol. The Morgan fingerprint density at radius 1 is 1.35 bits per heavy atom. The van der Waals surface area contributed by atoms with E-state index in [-0.39, 0.29) is 23.9 Å². The number of phenols is 1. The van der Waals surface area contributed by atoms with Crippen molar-refractivity contribution in [3.8, 4) is 5.75 Å². The van der Waals surface area contributed by atoms with E-state index < -0.39 is 0 Å². The molecule has 1 saturated heterocycles. The molecule has 0 bridgehead atoms. The summed E-state index contributed by atoms with van der Waals surface area (Å²) in [6, 6.07) is 7.73. The van der Waals surface area contributed by atoms with Crippen molar-refractivity contribution in [1.82, 2.24) is 4.90 Å². The van der Waals surface area contributed by atoms with Gasteiger partial charge in [-0.25, -0.2) is 0 Å². The molecule has 3 nitrogen and oxygen atoms in total. The van der Waals surface area contributed by atoms with E-state index in [0.717, 1.165) is 45.3 Å². The van der Waals surface area contributed by atoms with E-state index in [0.29, 0.717) is 11.7 Å². The first-order chi connectivity index (χ1) is 10.5. The van der Waals surface area contributed by atoms with Crippen molar-refractivity contribution in [2.45, 2.75) is 58.0 Å². The van der Waals surface area contributed by atoms with Gasteiger partial charge in [0.15, 0.2) is 0 Å². The average Bonchev–Trinajstić information content (AvgIpc) is 2.49. The summed E-state index contributed by atoms with van der Waals surface area (Å²) in [7, 11) is 0. The third kappa shape index (κ3) is 5.10. The molecule has 1 aliphatic heterocycles. The van der Waals surface area contributed by atoms with Gasteiger partial charge >= 0.3 is 0 Å². The number of aromatic hydroxyl groups is 1. The molecule has 0 spiro atoms. The zero-order valence-corrected chi connectivity index (χ0v) is 15.5. The Morgan fingerprint density at radius 2 is 2.09 bits per heavy atom. The van der Waals surface area contributed by atoms with Gasteiger partial charge in [0.25, 0.3) is 0 Å². The monoisotopic (exact) mass is 341 g/mol. The maximum Gasteiger partial charge on any atom is 0.115 e. The van der Waals surface area contributed by atoms with Crippen LogP contribution in [0.25, 0.3) is 0 Å². The minimum Gasteiger partial charge on any atom is -0.508 e. The summed E-state index contributed by atoms with van der Waals surface area (Å²) < 4.78 is 0. The maximum absolute atomic E-state index is 9.90. The lowest BCUT2D eigenvalue weighted by molar-refractivity contribution is 0.0840. The Bertz CT molecular complexity index is 482. The molecule has 0 aliphatic carbocycles. The first kappa shape index (κ1) is 20.3. The molecule has 23 heavy (non-hydrogen) atoms. The van der Waals surface area contributed by atoms with Gasteiger partial charge in [0, 0.05) is 13.1 Å². The third-order valence-electron chi connectivity index (χ3n) is 5.47. The van der Waals surface area contributed by atoms with Gasteiger partial charge in [-0.05, 0) is 54.8 Å². The van der Waals surface area contributed by atoms with Crippen molar-refractivity contribution in [3.63, 3.8) is 0 Å². The second-order valence-corrected chi connectivity index (χ2v) is 7.15. The van der Waals surface area contributed by atoms with Crippen LogP contribution >= 0.6 is 12.4 Å². The minimum absolute atomic E-state index is 0. The van der Waals surface area contributed by atoms with Crippen LogP contribution in [0.15, 0.2) is 24.3 Å². The summed E-state index contributed by atoms with van der Waals surface area (Å²) in [5.41, 5.74) is 1.36. The molecular formula is C19H32ClNO2. The highest BCUT2D eigenvalue weighted by Crippen LogP contribution is 2.40. The van der Waals surface area contributed by atoms with E-state index in [1.165, 1.54) is 5.56 Å². The van der Waals surface area contributed by atoms with Crippen LogP contribution < -0.4 is 0 Å². The number of hydrogen-bond acceptors (Lipinski definition) is 3. The number of piperidine rings is 1. The summed E-state index contributed by atoms with van der Waals surface area (Å²) in [5.74, 6) is 0.891. The minimum atomic E-state index is -0.153. The van der Waals surface area contributed by atoms with Gasteiger partial charge < -0.3 is 15.1 Å². The number of aliphatic hydroxyl groups is 1. The van der Waals surface area contributed by atoms with Crippen LogP contribution in [0.4, 0.5) is 0 Å². The highest BCUT2D eigenvalue weighted by atomic mass is 35.5. The van der Waals surface area contributed by atoms with Gasteiger partial charge in [0.2, 0.25) is 0 Å². The Labute approximate surface area is 147 Å². The molecule has 3 unspecified atom stereocenters. The molecule has 3 atom stereocenters. The van der Waals surface area contributed by atoms with Crippen molar-refractivity contribution in [1.29, 1.82) is 0 Å². The third-order valence-corrected chi connectivity index (χ3v) is 5.47. The molecule has 1 aliphatic rings. The average molecular weight is 342 g/mol. The smallest absolute Gasteiger partial charge is 0.115 e. The summed E-state index contributed by atoms with van der Waals surface area (Å²) in [6.07, 6.45) is 3.78. The number of nitrogens with zero attached hydrogens (tertiary/aromatic N) is 1. The van der Waals surface area contributed by atoms with Gasteiger partial charge in [0.1, 0.15) is 5.75 Å². The van der Waals surface area contributed by atoms with Gasteiger partial charge in [-0.2, -0.15) is 0 Å². The molecule has 1 aromatic carbocycles. The van der Waals surface area contributed by atoms with Crippen LogP contribution in [0.1, 0.15) is 52.0 Å². The number of rotatable bonds is 6. The SMILES string of the molecule is CCCC(O)CCN1CCC(C)(c2cccc(O)c2)C(C)C1.Cl. The van der Waals surface area contributed by atoms with Crippen LogP contribution in [-0.4, -0.2) is 40.9 Å². The fourth-order valence-electron chi connectivity index (χ4n) is 3.62. The van der Waals surface area contributed by atoms with Crippen LogP contribution in [0.2, 0.25) is 0 Å². The Kier molecular flexibility index (Phi) is 7.85. The quantitative estimate of drug-likeness (QED) is 0.823. The second-order valence-electron chi connectivity index (χ2n) is 7.15. The lowest BCUT2D eigenvalue weighted by Gasteiger charge is -2.45. The van der Waals surface area contributed by atoms with Crippen molar-refractivity contribution < 1.29 is 10.2 Å². The summed E-state index contributed by atoms with van der Waals surface area (Å²) >= 11 is 0. The van der Waals surface area contributed by atoms with E-state index in [4.69, 9.17) is 0 Å². The first-order valence-corrected chi connectivity index (χ1v) is 8.65. The highest BCUT2D eigenvalue weighted by Gasteiger charge is 2.37. The molecule has 2 rings (SSSR count). The topological polar surface area (TPSA) is 43.7 Å². The zero-order chi connectivity index (χ0) is 16.2. The number of phenolic OH excluding ortho intramolecular Hbond substituents is 1. The van der Waals surface area contributed by atoms with Crippen molar-refractivity contribution in [3.05, 3.63) is 29.8 Å². The number of benzene rings is 1. The van der Waals surface area contributed by atoms with Gasteiger partial charge in [-0.1, -0.05) is 39.3 Å². The van der Waals surface area contributed by atoms with E-state index in [2.05, 4.69) is 31.7 Å². The largest absolute Gasteiger partial charge is 0.508 e. The van der Waals surface area contributed by atoms with Crippen LogP contribution in [0.3, 0.4) is 0 Å². The predicted molar refractivity (Wildman–Crippen MR) is 98.5 cm³/mol. The van der Waals surface area contributed by atoms with Crippen molar-refractivity contribution >= 4 is 12.4 Å². The lowest BCUT2D eigenvalue weighted by Crippen LogP contribution is -2.47. The Balaban J connectivity index is 0.00000264. The van der Waals surface area contributed by atoms with Crippen LogP contribution in [-0.2, 0) is 5.41 Å². The molecule has 4 heteroatoms. The number of aliphatic hydroxyl groups excluding tert-OH is 1. The number of hydrogen-bond donors (Lipinski definition) is 2. The summed E-state index contributed by atoms with van der Waals surface area (Å²) in [5, 5.41) is 19.7. The normalized spacial score (nSPS) is 26.5. The standard InChI is InChI=1S/C19H31NO2.ClH/c1-4-6-17(21)9-11-20-12-10-19(3,15(2)14-20)16-7-5-8-18(22)13-16;/h5,7-8,13,15,17,21-22H,4,6,9-12,14H2,1-3H3;1H. The molecule has 1 fully saturated rings. The number of likely N-dealkylation sites (tertiary alicyclic amines) is 1. The molecule has 132 valence electrons. The van der Waals surface area contributed by atoms with Crippen LogP contribution in [0, 0.1) is 5.92 Å². The summed E-state index contributed by atoms with van der Waals surface area (Å²) in [4.78, 5) is 2.48. The van der Waals surface area contributed by atoms with E-state index >= 15 is 0 Å². The van der Waals surface area contributed by atoms with Crippen molar-refractivity contribution in [2.75, 3.05) is 19.6 Å². The van der Waals surface area contributed by atoms with E-state index in [1.54, 1.807) is 6.07 Å². The molecule has 2 N–H and O–H groups in total. The van der Waals surface area contributed by atoms with Crippen LogP contribution in [0.5, 0.6) is 5.75 Å². The molecule has 0 radical (unpaired) electrons. The van der Waals surface area contributed by atoms with Gasteiger partial charge in [0.05, 0.1) is 6.10 Å². The lowest BCUT2D eigenvalue weighted by atomic mass is 9.68. The molecule has 0 amide bonds. The zero-order valence-electron chi connectivity index (χ0n) is 14.7. The predicted octanol–water partition coefficient (Wildman–Crippen LogP) is 3.96. The van der Waals surface area contributed by atoms with Crippen molar-refractivity contribution in [2.24, 2.45) is 5.92 Å². The maximum atomic E-state index is 9.90. The first-order valence-electron chi connectivity index (χ1n) is 8.65. The summed E-state index contributed by atoms with van der Waals surface area (Å²) in [6.45, 7) is 9.85. The van der Waals surface area contributed by atoms with Gasteiger partial charge in [-0.3, -0.25) is 0 Å². The molecule has 0 saturated carbocycles. The molecule has 1 heterocycles. The fourth-order valence-corrected chi connectivity index (χ4v) is 3.62. The van der Waals surface area contributed by atoms with E-state index in [9.17, 15) is 10.2 Å². The molecule has 1 aromatic rings. The number of halogens is 1. The Hall–Kier alpha value is -0.770. The van der Waals surface area contributed by atoms with Gasteiger partial charge in [-0.15, -0.1) is 12.4 Å². The fraction of sp³-hybridized carbons (Fsp3) is 0.684. The molecule has 0 aromatic heterocycles. The Morgan fingerprint density at radius 3 is 2.70 bits per heavy atom. The highest BCUT2D eigenvalue weighted by molar-refractivity contribution is 5.85. The van der Waals surface area contributed by atoms with E-state index in [1.807, 2.05) is 12.1 Å². The second kappa shape index (κ2) is 8.91.